The summed E-state index contributed by atoms with van der Waals surface area (Å²) in [5, 5.41) is 10.6. The van der Waals surface area contributed by atoms with Crippen LogP contribution in [0, 0.1) is 12.7 Å². The van der Waals surface area contributed by atoms with Crippen molar-refractivity contribution in [1.82, 2.24) is 15.0 Å². The van der Waals surface area contributed by atoms with E-state index in [1.807, 2.05) is 0 Å². The van der Waals surface area contributed by atoms with Gasteiger partial charge < -0.3 is 10.1 Å². The Morgan fingerprint density at radius 3 is 2.62 bits per heavy atom. The molecule has 0 unspecified atom stereocenters. The van der Waals surface area contributed by atoms with Crippen molar-refractivity contribution in [2.75, 3.05) is 12.4 Å². The SMILES string of the molecule is COc1ccc(NC(=O)c2nnn(-c3cccc(F)c3)c2C)cc1. The number of nitrogens with one attached hydrogen (secondary N) is 1. The number of hydrogen-bond donors (Lipinski definition) is 1. The van der Waals surface area contributed by atoms with E-state index >= 15 is 0 Å². The van der Waals surface area contributed by atoms with E-state index in [4.69, 9.17) is 4.74 Å². The quantitative estimate of drug-likeness (QED) is 0.800. The number of benzene rings is 2. The third-order valence-corrected chi connectivity index (χ3v) is 3.51. The average molecular weight is 326 g/mol. The van der Waals surface area contributed by atoms with Crippen LogP contribution < -0.4 is 10.1 Å². The maximum atomic E-state index is 13.3. The lowest BCUT2D eigenvalue weighted by Gasteiger charge is -2.06. The number of carbonyl (C=O) groups is 1. The van der Waals surface area contributed by atoms with Crippen molar-refractivity contribution < 1.29 is 13.9 Å². The van der Waals surface area contributed by atoms with E-state index < -0.39 is 0 Å². The highest BCUT2D eigenvalue weighted by atomic mass is 19.1. The molecular formula is C17H15FN4O2. The van der Waals surface area contributed by atoms with Gasteiger partial charge in [0.15, 0.2) is 5.69 Å². The number of halogens is 1. The Morgan fingerprint density at radius 2 is 1.96 bits per heavy atom. The summed E-state index contributed by atoms with van der Waals surface area (Å²) in [6.07, 6.45) is 0. The minimum Gasteiger partial charge on any atom is -0.497 e. The van der Waals surface area contributed by atoms with Crippen molar-refractivity contribution in [3.05, 3.63) is 65.7 Å². The summed E-state index contributed by atoms with van der Waals surface area (Å²) >= 11 is 0. The monoisotopic (exact) mass is 326 g/mol. The van der Waals surface area contributed by atoms with Crippen molar-refractivity contribution in [1.29, 1.82) is 0 Å². The second-order valence-electron chi connectivity index (χ2n) is 5.10. The molecule has 0 fully saturated rings. The molecule has 6 nitrogen and oxygen atoms in total. The fraction of sp³-hybridized carbons (Fsp3) is 0.118. The largest absolute Gasteiger partial charge is 0.497 e. The highest BCUT2D eigenvalue weighted by Crippen LogP contribution is 2.17. The van der Waals surface area contributed by atoms with Crippen molar-refractivity contribution in [3.8, 4) is 11.4 Å². The Labute approximate surface area is 137 Å². The van der Waals surface area contributed by atoms with Gasteiger partial charge in [0.05, 0.1) is 18.5 Å². The van der Waals surface area contributed by atoms with Gasteiger partial charge >= 0.3 is 0 Å². The molecular weight excluding hydrogens is 311 g/mol. The van der Waals surface area contributed by atoms with Gasteiger partial charge in [-0.3, -0.25) is 4.79 Å². The summed E-state index contributed by atoms with van der Waals surface area (Å²) in [6.45, 7) is 1.70. The molecule has 0 radical (unpaired) electrons. The molecule has 24 heavy (non-hydrogen) atoms. The van der Waals surface area contributed by atoms with Gasteiger partial charge in [0, 0.05) is 5.69 Å². The number of methoxy groups -OCH3 is 1. The van der Waals surface area contributed by atoms with E-state index in [9.17, 15) is 9.18 Å². The lowest BCUT2D eigenvalue weighted by Crippen LogP contribution is -2.14. The van der Waals surface area contributed by atoms with E-state index in [0.29, 0.717) is 22.8 Å². The molecule has 0 aliphatic rings. The molecule has 3 aromatic rings. The number of carbonyl (C=O) groups excluding carboxylic acids is 1. The van der Waals surface area contributed by atoms with Crippen LogP contribution in [0.15, 0.2) is 48.5 Å². The number of rotatable bonds is 4. The first-order valence-electron chi connectivity index (χ1n) is 7.22. The zero-order valence-electron chi connectivity index (χ0n) is 13.2. The Bertz CT molecular complexity index is 875. The van der Waals surface area contributed by atoms with Crippen LogP contribution in [0.25, 0.3) is 5.69 Å². The Balaban J connectivity index is 1.83. The summed E-state index contributed by atoms with van der Waals surface area (Å²) in [4.78, 5) is 12.4. The van der Waals surface area contributed by atoms with Crippen molar-refractivity contribution in [3.63, 3.8) is 0 Å². The summed E-state index contributed by atoms with van der Waals surface area (Å²) in [5.41, 5.74) is 1.81. The maximum Gasteiger partial charge on any atom is 0.278 e. The fourth-order valence-electron chi connectivity index (χ4n) is 2.26. The summed E-state index contributed by atoms with van der Waals surface area (Å²) in [5.74, 6) is -0.0758. The second kappa shape index (κ2) is 6.49. The molecule has 0 atom stereocenters. The molecule has 122 valence electrons. The Hall–Kier alpha value is -3.22. The standard InChI is InChI=1S/C17H15FN4O2/c1-11-16(17(23)19-13-6-8-15(24-2)9-7-13)20-21-22(11)14-5-3-4-12(18)10-14/h3-10H,1-2H3,(H,19,23). The first-order valence-corrected chi connectivity index (χ1v) is 7.22. The lowest BCUT2D eigenvalue weighted by molar-refractivity contribution is 0.102. The number of aromatic nitrogens is 3. The van der Waals surface area contributed by atoms with Gasteiger partial charge in [0.25, 0.3) is 5.91 Å². The zero-order valence-corrected chi connectivity index (χ0v) is 13.2. The Morgan fingerprint density at radius 1 is 1.21 bits per heavy atom. The van der Waals surface area contributed by atoms with E-state index in [2.05, 4.69) is 15.6 Å². The molecule has 0 aliphatic carbocycles. The minimum atomic E-state index is -0.389. The van der Waals surface area contributed by atoms with E-state index in [1.54, 1.807) is 50.4 Å². The number of nitrogens with zero attached hydrogens (tertiary/aromatic N) is 3. The number of hydrogen-bond acceptors (Lipinski definition) is 4. The fourth-order valence-corrected chi connectivity index (χ4v) is 2.26. The molecule has 0 bridgehead atoms. The molecule has 0 aliphatic heterocycles. The number of anilines is 1. The average Bonchev–Trinajstić information content (AvgIpc) is 2.97. The van der Waals surface area contributed by atoms with Crippen LogP contribution in [0.2, 0.25) is 0 Å². The molecule has 0 saturated heterocycles. The molecule has 1 amide bonds. The first kappa shape index (κ1) is 15.7. The van der Waals surface area contributed by atoms with Gasteiger partial charge in [-0.15, -0.1) is 5.10 Å². The maximum absolute atomic E-state index is 13.3. The van der Waals surface area contributed by atoms with Crippen LogP contribution in [0.4, 0.5) is 10.1 Å². The molecule has 0 saturated carbocycles. The molecule has 1 aromatic heterocycles. The zero-order chi connectivity index (χ0) is 17.1. The molecule has 0 spiro atoms. The molecule has 1 N–H and O–H groups in total. The lowest BCUT2D eigenvalue weighted by atomic mass is 10.2. The topological polar surface area (TPSA) is 69.0 Å². The van der Waals surface area contributed by atoms with Gasteiger partial charge in [-0.2, -0.15) is 0 Å². The van der Waals surface area contributed by atoms with Crippen molar-refractivity contribution in [2.24, 2.45) is 0 Å². The minimum absolute atomic E-state index is 0.176. The van der Waals surface area contributed by atoms with Gasteiger partial charge in [-0.05, 0) is 49.4 Å². The number of amides is 1. The third kappa shape index (κ3) is 3.10. The molecule has 1 heterocycles. The van der Waals surface area contributed by atoms with Crippen LogP contribution in [0.3, 0.4) is 0 Å². The van der Waals surface area contributed by atoms with E-state index in [0.717, 1.165) is 0 Å². The normalized spacial score (nSPS) is 10.5. The van der Waals surface area contributed by atoms with Gasteiger partial charge in [-0.25, -0.2) is 9.07 Å². The van der Waals surface area contributed by atoms with Crippen LogP contribution in [0.1, 0.15) is 16.2 Å². The van der Waals surface area contributed by atoms with E-state index in [-0.39, 0.29) is 17.4 Å². The number of ether oxygens (including phenoxy) is 1. The molecule has 7 heteroatoms. The van der Waals surface area contributed by atoms with Gasteiger partial charge in [0.1, 0.15) is 11.6 Å². The highest BCUT2D eigenvalue weighted by Gasteiger charge is 2.17. The summed E-state index contributed by atoms with van der Waals surface area (Å²) in [6, 6.07) is 12.9. The molecule has 2 aromatic carbocycles. The molecule has 3 rings (SSSR count). The Kier molecular flexibility index (Phi) is 4.24. The van der Waals surface area contributed by atoms with Crippen LogP contribution in [0.5, 0.6) is 5.75 Å². The van der Waals surface area contributed by atoms with Crippen LogP contribution >= 0.6 is 0 Å². The van der Waals surface area contributed by atoms with E-state index in [1.165, 1.54) is 16.8 Å². The summed E-state index contributed by atoms with van der Waals surface area (Å²) < 4.78 is 19.8. The highest BCUT2D eigenvalue weighted by molar-refractivity contribution is 6.03. The predicted octanol–water partition coefficient (Wildman–Crippen LogP) is 2.98. The van der Waals surface area contributed by atoms with Crippen molar-refractivity contribution in [2.45, 2.75) is 6.92 Å². The van der Waals surface area contributed by atoms with Crippen molar-refractivity contribution >= 4 is 11.6 Å². The van der Waals surface area contributed by atoms with Crippen LogP contribution in [-0.2, 0) is 0 Å². The predicted molar refractivity (Wildman–Crippen MR) is 87.0 cm³/mol. The first-order chi connectivity index (χ1) is 11.6. The third-order valence-electron chi connectivity index (χ3n) is 3.51. The van der Waals surface area contributed by atoms with Gasteiger partial charge in [-0.1, -0.05) is 11.3 Å². The van der Waals surface area contributed by atoms with Crippen LogP contribution in [-0.4, -0.2) is 28.0 Å². The summed E-state index contributed by atoms with van der Waals surface area (Å²) in [7, 11) is 1.57. The second-order valence-corrected chi connectivity index (χ2v) is 5.10. The smallest absolute Gasteiger partial charge is 0.278 e. The van der Waals surface area contributed by atoms with Gasteiger partial charge in [0.2, 0.25) is 0 Å².